The SMILES string of the molecule is CCC(Br)C(=O)N(C)CCOc1cccc(Cl)c1. The van der Waals surface area contributed by atoms with Crippen molar-refractivity contribution in [2.45, 2.75) is 18.2 Å². The van der Waals surface area contributed by atoms with Crippen molar-refractivity contribution in [1.29, 1.82) is 0 Å². The Morgan fingerprint density at radius 1 is 1.56 bits per heavy atom. The van der Waals surface area contributed by atoms with E-state index < -0.39 is 0 Å². The number of amides is 1. The summed E-state index contributed by atoms with van der Waals surface area (Å²) >= 11 is 9.19. The Morgan fingerprint density at radius 3 is 2.89 bits per heavy atom. The first-order valence-corrected chi connectivity index (χ1v) is 7.11. The molecule has 100 valence electrons. The van der Waals surface area contributed by atoms with Gasteiger partial charge in [-0.05, 0) is 24.6 Å². The van der Waals surface area contributed by atoms with Crippen LogP contribution in [0.25, 0.3) is 0 Å². The van der Waals surface area contributed by atoms with Crippen molar-refractivity contribution in [2.75, 3.05) is 20.2 Å². The topological polar surface area (TPSA) is 29.5 Å². The van der Waals surface area contributed by atoms with Crippen LogP contribution in [-0.2, 0) is 4.79 Å². The largest absolute Gasteiger partial charge is 0.492 e. The van der Waals surface area contributed by atoms with Crippen molar-refractivity contribution in [3.63, 3.8) is 0 Å². The first-order valence-electron chi connectivity index (χ1n) is 5.82. The van der Waals surface area contributed by atoms with E-state index in [2.05, 4.69) is 15.9 Å². The van der Waals surface area contributed by atoms with E-state index in [-0.39, 0.29) is 10.7 Å². The summed E-state index contributed by atoms with van der Waals surface area (Å²) in [5, 5.41) is 0.642. The third-order valence-electron chi connectivity index (χ3n) is 2.49. The van der Waals surface area contributed by atoms with Crippen LogP contribution in [0.15, 0.2) is 24.3 Å². The number of rotatable bonds is 6. The average Bonchev–Trinajstić information content (AvgIpc) is 2.36. The molecule has 0 N–H and O–H groups in total. The van der Waals surface area contributed by atoms with Gasteiger partial charge in [0.25, 0.3) is 0 Å². The van der Waals surface area contributed by atoms with E-state index in [1.807, 2.05) is 19.1 Å². The number of carbonyl (C=O) groups is 1. The van der Waals surface area contributed by atoms with Gasteiger partial charge in [0.1, 0.15) is 12.4 Å². The molecule has 0 aromatic heterocycles. The van der Waals surface area contributed by atoms with E-state index >= 15 is 0 Å². The van der Waals surface area contributed by atoms with Gasteiger partial charge >= 0.3 is 0 Å². The highest BCUT2D eigenvalue weighted by molar-refractivity contribution is 9.10. The molecule has 0 saturated carbocycles. The number of halogens is 2. The van der Waals surface area contributed by atoms with Gasteiger partial charge in [0.2, 0.25) is 5.91 Å². The highest BCUT2D eigenvalue weighted by atomic mass is 79.9. The maximum absolute atomic E-state index is 11.8. The fourth-order valence-corrected chi connectivity index (χ4v) is 1.91. The predicted molar refractivity (Wildman–Crippen MR) is 77.6 cm³/mol. The Labute approximate surface area is 121 Å². The highest BCUT2D eigenvalue weighted by Crippen LogP contribution is 2.17. The van der Waals surface area contributed by atoms with E-state index in [4.69, 9.17) is 16.3 Å². The lowest BCUT2D eigenvalue weighted by Gasteiger charge is -2.19. The van der Waals surface area contributed by atoms with Gasteiger partial charge < -0.3 is 9.64 Å². The molecule has 1 unspecified atom stereocenters. The molecule has 1 aromatic rings. The molecule has 0 fully saturated rings. The lowest BCUT2D eigenvalue weighted by atomic mass is 10.3. The van der Waals surface area contributed by atoms with Gasteiger partial charge in [-0.3, -0.25) is 4.79 Å². The summed E-state index contributed by atoms with van der Waals surface area (Å²) in [6.07, 6.45) is 0.776. The number of likely N-dealkylation sites (N-methyl/N-ethyl adjacent to an activating group) is 1. The second kappa shape index (κ2) is 7.64. The summed E-state index contributed by atoms with van der Waals surface area (Å²) in [4.78, 5) is 13.3. The molecule has 0 saturated heterocycles. The maximum Gasteiger partial charge on any atom is 0.236 e. The average molecular weight is 335 g/mol. The van der Waals surface area contributed by atoms with E-state index in [0.717, 1.165) is 6.42 Å². The fraction of sp³-hybridized carbons (Fsp3) is 0.462. The van der Waals surface area contributed by atoms with Gasteiger partial charge in [-0.15, -0.1) is 0 Å². The summed E-state index contributed by atoms with van der Waals surface area (Å²) in [5.74, 6) is 0.793. The van der Waals surface area contributed by atoms with Crippen LogP contribution in [0.1, 0.15) is 13.3 Å². The van der Waals surface area contributed by atoms with Crippen LogP contribution >= 0.6 is 27.5 Å². The molecule has 1 atom stereocenters. The zero-order valence-electron chi connectivity index (χ0n) is 10.5. The molecule has 0 spiro atoms. The van der Waals surface area contributed by atoms with Gasteiger partial charge in [-0.2, -0.15) is 0 Å². The molecule has 0 aliphatic rings. The van der Waals surface area contributed by atoms with Crippen LogP contribution in [-0.4, -0.2) is 35.8 Å². The van der Waals surface area contributed by atoms with Crippen molar-refractivity contribution in [1.82, 2.24) is 4.90 Å². The summed E-state index contributed by atoms with van der Waals surface area (Å²) in [6.45, 7) is 2.97. The van der Waals surface area contributed by atoms with Crippen molar-refractivity contribution in [2.24, 2.45) is 0 Å². The Morgan fingerprint density at radius 2 is 2.28 bits per heavy atom. The van der Waals surface area contributed by atoms with E-state index in [0.29, 0.717) is 23.9 Å². The molecule has 0 radical (unpaired) electrons. The van der Waals surface area contributed by atoms with Gasteiger partial charge in [0, 0.05) is 12.1 Å². The molecular weight excluding hydrogens is 318 g/mol. The minimum atomic E-state index is -0.117. The molecular formula is C13H17BrClNO2. The molecule has 1 amide bonds. The third-order valence-corrected chi connectivity index (χ3v) is 3.77. The Balaban J connectivity index is 2.35. The Bertz CT molecular complexity index is 400. The maximum atomic E-state index is 11.8. The van der Waals surface area contributed by atoms with Crippen LogP contribution in [0.5, 0.6) is 5.75 Å². The van der Waals surface area contributed by atoms with Crippen molar-refractivity contribution in [3.05, 3.63) is 29.3 Å². The quantitative estimate of drug-likeness (QED) is 0.747. The first-order chi connectivity index (χ1) is 8.54. The van der Waals surface area contributed by atoms with Gasteiger partial charge in [-0.25, -0.2) is 0 Å². The van der Waals surface area contributed by atoms with Crippen LogP contribution in [0.4, 0.5) is 0 Å². The number of alkyl halides is 1. The lowest BCUT2D eigenvalue weighted by molar-refractivity contribution is -0.129. The van der Waals surface area contributed by atoms with E-state index in [1.54, 1.807) is 24.1 Å². The number of carbonyl (C=O) groups excluding carboxylic acids is 1. The normalized spacial score (nSPS) is 12.0. The standard InChI is InChI=1S/C13H17BrClNO2/c1-3-12(14)13(17)16(2)7-8-18-11-6-4-5-10(15)9-11/h4-6,9,12H,3,7-8H2,1-2H3. The third kappa shape index (κ3) is 4.86. The van der Waals surface area contributed by atoms with Gasteiger partial charge in [0.05, 0.1) is 11.4 Å². The number of benzene rings is 1. The van der Waals surface area contributed by atoms with E-state index in [9.17, 15) is 4.79 Å². The van der Waals surface area contributed by atoms with Crippen LogP contribution in [0.2, 0.25) is 5.02 Å². The molecule has 1 rings (SSSR count). The summed E-state index contributed by atoms with van der Waals surface area (Å²) < 4.78 is 5.53. The van der Waals surface area contributed by atoms with Crippen LogP contribution < -0.4 is 4.74 Å². The zero-order valence-corrected chi connectivity index (χ0v) is 12.9. The number of ether oxygens (including phenoxy) is 1. The molecule has 5 heteroatoms. The number of hydrogen-bond donors (Lipinski definition) is 0. The minimum Gasteiger partial charge on any atom is -0.492 e. The molecule has 0 aliphatic carbocycles. The minimum absolute atomic E-state index is 0.0761. The molecule has 0 heterocycles. The van der Waals surface area contributed by atoms with E-state index in [1.165, 1.54) is 0 Å². The first kappa shape index (κ1) is 15.3. The molecule has 0 aliphatic heterocycles. The Hall–Kier alpha value is -0.740. The molecule has 0 bridgehead atoms. The summed E-state index contributed by atoms with van der Waals surface area (Å²) in [6, 6.07) is 7.22. The monoisotopic (exact) mass is 333 g/mol. The summed E-state index contributed by atoms with van der Waals surface area (Å²) in [5.41, 5.74) is 0. The van der Waals surface area contributed by atoms with Crippen molar-refractivity contribution < 1.29 is 9.53 Å². The smallest absolute Gasteiger partial charge is 0.236 e. The fourth-order valence-electron chi connectivity index (χ4n) is 1.38. The predicted octanol–water partition coefficient (Wildman–Crippen LogP) is 3.35. The molecule has 1 aromatic carbocycles. The Kier molecular flexibility index (Phi) is 6.50. The number of nitrogens with zero attached hydrogens (tertiary/aromatic N) is 1. The number of hydrogen-bond acceptors (Lipinski definition) is 2. The summed E-state index contributed by atoms with van der Waals surface area (Å²) in [7, 11) is 1.77. The second-order valence-corrected chi connectivity index (χ2v) is 5.48. The molecule has 3 nitrogen and oxygen atoms in total. The molecule has 18 heavy (non-hydrogen) atoms. The zero-order chi connectivity index (χ0) is 13.5. The van der Waals surface area contributed by atoms with Crippen molar-refractivity contribution in [3.8, 4) is 5.75 Å². The highest BCUT2D eigenvalue weighted by Gasteiger charge is 2.16. The van der Waals surface area contributed by atoms with Gasteiger partial charge in [0.15, 0.2) is 0 Å². The van der Waals surface area contributed by atoms with Crippen LogP contribution in [0, 0.1) is 0 Å². The van der Waals surface area contributed by atoms with Crippen molar-refractivity contribution >= 4 is 33.4 Å². The van der Waals surface area contributed by atoms with Crippen LogP contribution in [0.3, 0.4) is 0 Å². The van der Waals surface area contributed by atoms with Gasteiger partial charge in [-0.1, -0.05) is 40.5 Å². The lowest BCUT2D eigenvalue weighted by Crippen LogP contribution is -2.35. The second-order valence-electron chi connectivity index (χ2n) is 3.94.